The SMILES string of the molecule is CCC(CC)c1nnc(NC(=O)c2cccc(S(=O)(=O)NC3CCS(=O)(=O)C3)c2)s1. The fraction of sp³-hybridized carbons (Fsp3) is 0.500. The third-order valence-corrected chi connectivity index (χ3v) is 9.24. The molecule has 0 aliphatic carbocycles. The smallest absolute Gasteiger partial charge is 0.257 e. The van der Waals surface area contributed by atoms with Gasteiger partial charge in [-0.3, -0.25) is 10.1 Å². The predicted molar refractivity (Wildman–Crippen MR) is 115 cm³/mol. The number of sulfone groups is 1. The Kier molecular flexibility index (Phi) is 6.90. The summed E-state index contributed by atoms with van der Waals surface area (Å²) in [6.45, 7) is 4.13. The van der Waals surface area contributed by atoms with Gasteiger partial charge in [-0.2, -0.15) is 0 Å². The average molecular weight is 473 g/mol. The van der Waals surface area contributed by atoms with Gasteiger partial charge in [-0.05, 0) is 37.5 Å². The van der Waals surface area contributed by atoms with Crippen LogP contribution in [0.15, 0.2) is 29.2 Å². The quantitative estimate of drug-likeness (QED) is 0.601. The van der Waals surface area contributed by atoms with Crippen LogP contribution in [0, 0.1) is 0 Å². The van der Waals surface area contributed by atoms with Crippen LogP contribution in [0.5, 0.6) is 0 Å². The lowest BCUT2D eigenvalue weighted by Crippen LogP contribution is -2.35. The summed E-state index contributed by atoms with van der Waals surface area (Å²) in [5.41, 5.74) is 0.149. The molecule has 0 saturated carbocycles. The molecule has 2 N–H and O–H groups in total. The number of hydrogen-bond donors (Lipinski definition) is 2. The maximum Gasteiger partial charge on any atom is 0.257 e. The molecule has 30 heavy (non-hydrogen) atoms. The molecule has 1 aliphatic heterocycles. The van der Waals surface area contributed by atoms with Gasteiger partial charge in [0.2, 0.25) is 15.2 Å². The standard InChI is InChI=1S/C18H24N4O5S3/c1-3-12(4-2)17-20-21-18(28-17)19-16(23)13-6-5-7-15(10-13)30(26,27)22-14-8-9-29(24,25)11-14/h5-7,10,12,14,22H,3-4,8-9,11H2,1-2H3,(H,19,21,23). The number of carbonyl (C=O) groups is 1. The van der Waals surface area contributed by atoms with E-state index in [1.54, 1.807) is 0 Å². The van der Waals surface area contributed by atoms with Crippen molar-refractivity contribution in [2.45, 2.75) is 50.0 Å². The third-order valence-electron chi connectivity index (χ3n) is 4.96. The number of sulfonamides is 1. The van der Waals surface area contributed by atoms with Crippen LogP contribution in [0.1, 0.15) is 54.4 Å². The van der Waals surface area contributed by atoms with Crippen molar-refractivity contribution in [3.05, 3.63) is 34.8 Å². The van der Waals surface area contributed by atoms with Crippen LogP contribution < -0.4 is 10.0 Å². The van der Waals surface area contributed by atoms with Crippen molar-refractivity contribution in [2.24, 2.45) is 0 Å². The Labute approximate surface area is 180 Å². The predicted octanol–water partition coefficient (Wildman–Crippen LogP) is 2.16. The lowest BCUT2D eigenvalue weighted by Gasteiger charge is -2.12. The van der Waals surface area contributed by atoms with Crippen LogP contribution in [0.3, 0.4) is 0 Å². The van der Waals surface area contributed by atoms with Crippen molar-refractivity contribution < 1.29 is 21.6 Å². The summed E-state index contributed by atoms with van der Waals surface area (Å²) in [7, 11) is -7.17. The minimum Gasteiger partial charge on any atom is -0.296 e. The first-order valence-corrected chi connectivity index (χ1v) is 13.7. The van der Waals surface area contributed by atoms with E-state index in [-0.39, 0.29) is 34.3 Å². The molecular weight excluding hydrogens is 448 g/mol. The normalized spacial score (nSPS) is 18.6. The minimum atomic E-state index is -3.96. The fourth-order valence-corrected chi connectivity index (χ4v) is 7.34. The number of carbonyl (C=O) groups excluding carboxylic acids is 1. The number of aromatic nitrogens is 2. The molecule has 1 unspecified atom stereocenters. The Morgan fingerprint density at radius 2 is 2.00 bits per heavy atom. The van der Waals surface area contributed by atoms with E-state index in [0.29, 0.717) is 5.13 Å². The van der Waals surface area contributed by atoms with Crippen molar-refractivity contribution >= 4 is 42.2 Å². The van der Waals surface area contributed by atoms with Crippen molar-refractivity contribution in [3.8, 4) is 0 Å². The highest BCUT2D eigenvalue weighted by Gasteiger charge is 2.31. The van der Waals surface area contributed by atoms with Gasteiger partial charge in [0.15, 0.2) is 9.84 Å². The lowest BCUT2D eigenvalue weighted by molar-refractivity contribution is 0.102. The van der Waals surface area contributed by atoms with Crippen LogP contribution in [-0.4, -0.2) is 50.5 Å². The molecule has 9 nitrogen and oxygen atoms in total. The summed E-state index contributed by atoms with van der Waals surface area (Å²) in [4.78, 5) is 12.5. The van der Waals surface area contributed by atoms with E-state index in [4.69, 9.17) is 0 Å². The van der Waals surface area contributed by atoms with E-state index in [2.05, 4.69) is 34.1 Å². The third kappa shape index (κ3) is 5.42. The van der Waals surface area contributed by atoms with Gasteiger partial charge in [-0.25, -0.2) is 21.6 Å². The molecule has 0 bridgehead atoms. The molecule has 1 aromatic carbocycles. The van der Waals surface area contributed by atoms with Gasteiger partial charge < -0.3 is 0 Å². The second-order valence-corrected chi connectivity index (χ2v) is 12.1. The van der Waals surface area contributed by atoms with Gasteiger partial charge >= 0.3 is 0 Å². The van der Waals surface area contributed by atoms with E-state index in [0.717, 1.165) is 17.8 Å². The molecule has 164 valence electrons. The zero-order valence-electron chi connectivity index (χ0n) is 16.7. The van der Waals surface area contributed by atoms with Gasteiger partial charge in [-0.15, -0.1) is 10.2 Å². The summed E-state index contributed by atoms with van der Waals surface area (Å²) < 4.78 is 50.8. The number of rotatable bonds is 8. The van der Waals surface area contributed by atoms with E-state index >= 15 is 0 Å². The van der Waals surface area contributed by atoms with E-state index in [1.807, 2.05) is 0 Å². The highest BCUT2D eigenvalue weighted by atomic mass is 32.2. The fourth-order valence-electron chi connectivity index (χ4n) is 3.24. The molecule has 1 atom stereocenters. The number of amides is 1. The minimum absolute atomic E-state index is 0.0383. The number of nitrogens with zero attached hydrogens (tertiary/aromatic N) is 2. The second-order valence-electron chi connectivity index (χ2n) is 7.16. The van der Waals surface area contributed by atoms with Crippen LogP contribution in [0.25, 0.3) is 0 Å². The Morgan fingerprint density at radius 1 is 1.27 bits per heavy atom. The van der Waals surface area contributed by atoms with Gasteiger partial charge in [0, 0.05) is 17.5 Å². The zero-order chi connectivity index (χ0) is 21.9. The molecule has 1 fully saturated rings. The first-order valence-electron chi connectivity index (χ1n) is 9.61. The van der Waals surface area contributed by atoms with Crippen LogP contribution in [0.2, 0.25) is 0 Å². The molecule has 0 spiro atoms. The maximum atomic E-state index is 12.6. The van der Waals surface area contributed by atoms with Crippen molar-refractivity contribution in [1.82, 2.24) is 14.9 Å². The topological polar surface area (TPSA) is 135 Å². The molecule has 1 aliphatic rings. The average Bonchev–Trinajstić information content (AvgIpc) is 3.28. The summed E-state index contributed by atoms with van der Waals surface area (Å²) >= 11 is 1.30. The first kappa shape index (κ1) is 22.8. The second kappa shape index (κ2) is 9.08. The van der Waals surface area contributed by atoms with Crippen molar-refractivity contribution in [2.75, 3.05) is 16.8 Å². The van der Waals surface area contributed by atoms with Crippen LogP contribution >= 0.6 is 11.3 Å². The van der Waals surface area contributed by atoms with Gasteiger partial charge in [0.05, 0.1) is 16.4 Å². The summed E-state index contributed by atoms with van der Waals surface area (Å²) in [6.07, 6.45) is 2.08. The summed E-state index contributed by atoms with van der Waals surface area (Å²) in [5, 5.41) is 12.0. The first-order chi connectivity index (χ1) is 14.1. The van der Waals surface area contributed by atoms with Crippen molar-refractivity contribution in [3.63, 3.8) is 0 Å². The number of benzene rings is 1. The molecule has 2 aromatic rings. The Balaban J connectivity index is 1.72. The zero-order valence-corrected chi connectivity index (χ0v) is 19.1. The highest BCUT2D eigenvalue weighted by Crippen LogP contribution is 2.28. The van der Waals surface area contributed by atoms with E-state index < -0.39 is 31.8 Å². The van der Waals surface area contributed by atoms with Crippen LogP contribution in [-0.2, 0) is 19.9 Å². The molecule has 2 heterocycles. The lowest BCUT2D eigenvalue weighted by atomic mass is 10.1. The Bertz CT molecular complexity index is 1120. The van der Waals surface area contributed by atoms with Gasteiger partial charge in [0.25, 0.3) is 5.91 Å². The molecule has 1 aromatic heterocycles. The molecular formula is C18H24N4O5S3. The maximum absolute atomic E-state index is 12.6. The Morgan fingerprint density at radius 3 is 2.63 bits per heavy atom. The van der Waals surface area contributed by atoms with Crippen molar-refractivity contribution in [1.29, 1.82) is 0 Å². The Hall–Kier alpha value is -1.89. The summed E-state index contributed by atoms with van der Waals surface area (Å²) in [5.74, 6) is -0.471. The number of anilines is 1. The van der Waals surface area contributed by atoms with E-state index in [9.17, 15) is 21.6 Å². The monoisotopic (exact) mass is 472 g/mol. The molecule has 0 radical (unpaired) electrons. The van der Waals surface area contributed by atoms with Gasteiger partial charge in [-0.1, -0.05) is 31.3 Å². The molecule has 12 heteroatoms. The molecule has 1 amide bonds. The van der Waals surface area contributed by atoms with Crippen LogP contribution in [0.4, 0.5) is 5.13 Å². The number of hydrogen-bond acceptors (Lipinski definition) is 8. The largest absolute Gasteiger partial charge is 0.296 e. The molecule has 1 saturated heterocycles. The van der Waals surface area contributed by atoms with Gasteiger partial charge in [0.1, 0.15) is 5.01 Å². The highest BCUT2D eigenvalue weighted by molar-refractivity contribution is 7.92. The summed E-state index contributed by atoms with van der Waals surface area (Å²) in [6, 6.07) is 4.91. The molecule has 3 rings (SSSR count). The van der Waals surface area contributed by atoms with E-state index in [1.165, 1.54) is 35.6 Å². The number of nitrogens with one attached hydrogen (secondary N) is 2.